The Labute approximate surface area is 120 Å². The van der Waals surface area contributed by atoms with Gasteiger partial charge in [0.05, 0.1) is 6.10 Å². The van der Waals surface area contributed by atoms with Crippen LogP contribution in [0.15, 0.2) is 0 Å². The molecule has 0 bridgehead atoms. The summed E-state index contributed by atoms with van der Waals surface area (Å²) >= 11 is 0. The molecule has 1 N–H and O–H groups in total. The molecule has 0 aromatic heterocycles. The molecule has 3 rings (SSSR count). The molecule has 3 nitrogen and oxygen atoms in total. The number of benzene rings is 1. The maximum absolute atomic E-state index is 10.2. The quantitative estimate of drug-likeness (QED) is 0.780. The minimum absolute atomic E-state index is 0.268. The first-order valence-corrected chi connectivity index (χ1v) is 7.62. The Kier molecular flexibility index (Phi) is 3.20. The Balaban J connectivity index is 2.03. The minimum atomic E-state index is -0.439. The molecule has 2 aliphatic heterocycles. The maximum atomic E-state index is 10.2. The van der Waals surface area contributed by atoms with Crippen LogP contribution < -0.4 is 4.74 Å². The third-order valence-corrected chi connectivity index (χ3v) is 4.97. The molecule has 0 amide bonds. The molecule has 1 fully saturated rings. The van der Waals surface area contributed by atoms with E-state index in [1.54, 1.807) is 0 Å². The van der Waals surface area contributed by atoms with Crippen LogP contribution in [0.5, 0.6) is 11.5 Å². The van der Waals surface area contributed by atoms with E-state index in [2.05, 4.69) is 6.92 Å². The van der Waals surface area contributed by atoms with Crippen LogP contribution in [0.2, 0.25) is 0 Å². The van der Waals surface area contributed by atoms with Crippen LogP contribution in [-0.4, -0.2) is 17.0 Å². The van der Waals surface area contributed by atoms with Crippen molar-refractivity contribution in [2.45, 2.75) is 71.7 Å². The van der Waals surface area contributed by atoms with Crippen molar-refractivity contribution >= 4 is 0 Å². The largest absolute Gasteiger partial charge is 0.507 e. The van der Waals surface area contributed by atoms with Gasteiger partial charge in [-0.2, -0.15) is 0 Å². The lowest BCUT2D eigenvalue weighted by molar-refractivity contribution is -0.240. The van der Waals surface area contributed by atoms with Gasteiger partial charge in [-0.15, -0.1) is 0 Å². The van der Waals surface area contributed by atoms with E-state index >= 15 is 0 Å². The van der Waals surface area contributed by atoms with Gasteiger partial charge < -0.3 is 14.6 Å². The number of rotatable bonds is 0. The van der Waals surface area contributed by atoms with Gasteiger partial charge in [0.25, 0.3) is 0 Å². The fourth-order valence-corrected chi connectivity index (χ4v) is 3.56. The van der Waals surface area contributed by atoms with Gasteiger partial charge in [0.15, 0.2) is 0 Å². The van der Waals surface area contributed by atoms with Crippen molar-refractivity contribution < 1.29 is 14.6 Å². The Bertz CT molecular complexity index is 550. The molecule has 1 unspecified atom stereocenters. The summed E-state index contributed by atoms with van der Waals surface area (Å²) in [6, 6.07) is 0. The van der Waals surface area contributed by atoms with Gasteiger partial charge in [-0.05, 0) is 63.6 Å². The first kappa shape index (κ1) is 13.7. The molecule has 0 radical (unpaired) electrons. The second-order valence-corrected chi connectivity index (χ2v) is 6.36. The third kappa shape index (κ3) is 1.99. The molecule has 2 heterocycles. The van der Waals surface area contributed by atoms with Crippen molar-refractivity contribution in [3.8, 4) is 11.5 Å². The van der Waals surface area contributed by atoms with Crippen LogP contribution in [0.25, 0.3) is 0 Å². The first-order chi connectivity index (χ1) is 9.43. The van der Waals surface area contributed by atoms with E-state index < -0.39 is 5.79 Å². The Morgan fingerprint density at radius 1 is 1.10 bits per heavy atom. The minimum Gasteiger partial charge on any atom is -0.507 e. The van der Waals surface area contributed by atoms with Crippen molar-refractivity contribution in [3.05, 3.63) is 22.3 Å². The van der Waals surface area contributed by atoms with Gasteiger partial charge in [0.2, 0.25) is 5.79 Å². The van der Waals surface area contributed by atoms with Gasteiger partial charge in [-0.25, -0.2) is 0 Å². The summed E-state index contributed by atoms with van der Waals surface area (Å²) in [5, 5.41) is 10.2. The van der Waals surface area contributed by atoms with Gasteiger partial charge in [0.1, 0.15) is 11.5 Å². The Morgan fingerprint density at radius 2 is 1.85 bits per heavy atom. The van der Waals surface area contributed by atoms with E-state index in [0.717, 1.165) is 60.1 Å². The molecule has 0 saturated carbocycles. The SMILES string of the molecule is Cc1c(C)c2c(c(C)c1O)CCC1(CCC[C@@H](C)O1)O2. The van der Waals surface area contributed by atoms with Crippen molar-refractivity contribution in [3.63, 3.8) is 0 Å². The number of phenolic OH excluding ortho intramolecular Hbond substituents is 1. The summed E-state index contributed by atoms with van der Waals surface area (Å²) in [6.45, 7) is 8.08. The highest BCUT2D eigenvalue weighted by atomic mass is 16.7. The number of hydrogen-bond acceptors (Lipinski definition) is 3. The number of aromatic hydroxyl groups is 1. The number of fused-ring (bicyclic) bond motifs is 1. The van der Waals surface area contributed by atoms with Crippen LogP contribution in [0.4, 0.5) is 0 Å². The monoisotopic (exact) mass is 276 g/mol. The second kappa shape index (κ2) is 4.66. The van der Waals surface area contributed by atoms with Gasteiger partial charge in [-0.3, -0.25) is 0 Å². The molecule has 1 spiro atoms. The average molecular weight is 276 g/mol. The van der Waals surface area contributed by atoms with E-state index in [0.29, 0.717) is 5.75 Å². The fraction of sp³-hybridized carbons (Fsp3) is 0.647. The predicted molar refractivity (Wildman–Crippen MR) is 78.4 cm³/mol. The molecule has 1 aromatic carbocycles. The average Bonchev–Trinajstić information content (AvgIpc) is 2.42. The predicted octanol–water partition coefficient (Wildman–Crippen LogP) is 3.93. The lowest BCUT2D eigenvalue weighted by Crippen LogP contribution is -2.47. The molecular formula is C17H24O3. The summed E-state index contributed by atoms with van der Waals surface area (Å²) in [4.78, 5) is 0. The molecule has 2 atom stereocenters. The van der Waals surface area contributed by atoms with E-state index in [1.165, 1.54) is 0 Å². The Hall–Kier alpha value is -1.22. The van der Waals surface area contributed by atoms with Gasteiger partial charge >= 0.3 is 0 Å². The zero-order chi connectivity index (χ0) is 14.5. The zero-order valence-electron chi connectivity index (χ0n) is 12.9. The van der Waals surface area contributed by atoms with Crippen molar-refractivity contribution in [2.75, 3.05) is 0 Å². The third-order valence-electron chi connectivity index (χ3n) is 4.97. The summed E-state index contributed by atoms with van der Waals surface area (Å²) < 4.78 is 12.5. The number of ether oxygens (including phenoxy) is 2. The Morgan fingerprint density at radius 3 is 2.55 bits per heavy atom. The van der Waals surface area contributed by atoms with E-state index in [-0.39, 0.29) is 6.10 Å². The molecule has 2 aliphatic rings. The molecular weight excluding hydrogens is 252 g/mol. The number of phenols is 1. The van der Waals surface area contributed by atoms with Crippen LogP contribution in [0.3, 0.4) is 0 Å². The zero-order valence-corrected chi connectivity index (χ0v) is 12.9. The molecule has 20 heavy (non-hydrogen) atoms. The lowest BCUT2D eigenvalue weighted by Gasteiger charge is -2.44. The normalized spacial score (nSPS) is 29.1. The number of hydrogen-bond donors (Lipinski definition) is 1. The van der Waals surface area contributed by atoms with Crippen LogP contribution >= 0.6 is 0 Å². The molecule has 110 valence electrons. The van der Waals surface area contributed by atoms with Crippen LogP contribution in [0, 0.1) is 20.8 Å². The van der Waals surface area contributed by atoms with Crippen molar-refractivity contribution in [1.82, 2.24) is 0 Å². The second-order valence-electron chi connectivity index (χ2n) is 6.36. The molecule has 3 heteroatoms. The molecule has 0 aliphatic carbocycles. The van der Waals surface area contributed by atoms with Crippen LogP contribution in [0.1, 0.15) is 54.9 Å². The maximum Gasteiger partial charge on any atom is 0.211 e. The van der Waals surface area contributed by atoms with E-state index in [1.807, 2.05) is 20.8 Å². The highest BCUT2D eigenvalue weighted by Gasteiger charge is 2.42. The smallest absolute Gasteiger partial charge is 0.211 e. The van der Waals surface area contributed by atoms with Gasteiger partial charge in [0, 0.05) is 18.4 Å². The summed E-state index contributed by atoms with van der Waals surface area (Å²) in [5.74, 6) is 0.919. The van der Waals surface area contributed by atoms with Crippen molar-refractivity contribution in [2.24, 2.45) is 0 Å². The lowest BCUT2D eigenvalue weighted by atomic mass is 9.88. The van der Waals surface area contributed by atoms with Gasteiger partial charge in [-0.1, -0.05) is 0 Å². The van der Waals surface area contributed by atoms with Crippen molar-refractivity contribution in [1.29, 1.82) is 0 Å². The summed E-state index contributed by atoms with van der Waals surface area (Å²) in [6.07, 6.45) is 5.31. The standard InChI is InChI=1S/C17H24O3/c1-10-6-5-8-17(19-10)9-7-14-13(4)15(18)11(2)12(3)16(14)20-17/h10,18H,5-9H2,1-4H3/t10-,17?/m1/s1. The molecule has 1 saturated heterocycles. The van der Waals surface area contributed by atoms with E-state index in [9.17, 15) is 5.11 Å². The topological polar surface area (TPSA) is 38.7 Å². The fourth-order valence-electron chi connectivity index (χ4n) is 3.56. The summed E-state index contributed by atoms with van der Waals surface area (Å²) in [5.41, 5.74) is 4.08. The highest BCUT2D eigenvalue weighted by molar-refractivity contribution is 5.58. The molecule has 1 aromatic rings. The first-order valence-electron chi connectivity index (χ1n) is 7.62. The highest BCUT2D eigenvalue weighted by Crippen LogP contribution is 2.46. The summed E-state index contributed by atoms with van der Waals surface area (Å²) in [7, 11) is 0. The van der Waals surface area contributed by atoms with E-state index in [4.69, 9.17) is 9.47 Å². The van der Waals surface area contributed by atoms with Crippen LogP contribution in [-0.2, 0) is 11.2 Å².